The summed E-state index contributed by atoms with van der Waals surface area (Å²) in [5.74, 6) is 0.507. The molecule has 2 rings (SSSR count). The quantitative estimate of drug-likeness (QED) is 0.792. The average Bonchev–Trinajstić information content (AvgIpc) is 2.98. The molecule has 1 aliphatic carbocycles. The van der Waals surface area contributed by atoms with E-state index in [0.717, 1.165) is 51.7 Å². The van der Waals surface area contributed by atoms with Gasteiger partial charge in [0.05, 0.1) is 11.6 Å². The predicted octanol–water partition coefficient (Wildman–Crippen LogP) is 2.61. The molecule has 122 valence electrons. The summed E-state index contributed by atoms with van der Waals surface area (Å²) in [5, 5.41) is 3.47. The third-order valence-corrected chi connectivity index (χ3v) is 6.02. The Morgan fingerprint density at radius 3 is 2.48 bits per heavy atom. The van der Waals surface area contributed by atoms with Gasteiger partial charge in [0.2, 0.25) is 5.91 Å². The van der Waals surface area contributed by atoms with Gasteiger partial charge in [-0.05, 0) is 49.9 Å². The van der Waals surface area contributed by atoms with E-state index in [-0.39, 0.29) is 12.0 Å². The molecular weight excluding hydrogens is 264 g/mol. The lowest BCUT2D eigenvalue weighted by atomic mass is 9.65. The first-order valence-corrected chi connectivity index (χ1v) is 8.56. The number of hydrogen-bond acceptors (Lipinski definition) is 3. The lowest BCUT2D eigenvalue weighted by Crippen LogP contribution is -2.59. The molecule has 1 heterocycles. The monoisotopic (exact) mass is 296 g/mol. The zero-order valence-electron chi connectivity index (χ0n) is 13.9. The molecule has 1 aliphatic heterocycles. The molecule has 3 N–H and O–H groups in total. The summed E-state index contributed by atoms with van der Waals surface area (Å²) >= 11 is 0. The number of nitrogens with two attached hydrogens (primary N) is 1. The highest BCUT2D eigenvalue weighted by molar-refractivity contribution is 5.84. The highest BCUT2D eigenvalue weighted by atomic mass is 16.5. The van der Waals surface area contributed by atoms with Crippen LogP contribution in [-0.4, -0.2) is 30.7 Å². The van der Waals surface area contributed by atoms with Crippen LogP contribution in [0.15, 0.2) is 0 Å². The smallest absolute Gasteiger partial charge is 0.237 e. The van der Waals surface area contributed by atoms with Crippen LogP contribution in [0.25, 0.3) is 0 Å². The molecule has 1 amide bonds. The fraction of sp³-hybridized carbons (Fsp3) is 0.941. The molecule has 0 bridgehead atoms. The molecule has 0 radical (unpaired) electrons. The van der Waals surface area contributed by atoms with Gasteiger partial charge in [0, 0.05) is 13.2 Å². The van der Waals surface area contributed by atoms with E-state index in [1.807, 2.05) is 0 Å². The van der Waals surface area contributed by atoms with Crippen LogP contribution in [-0.2, 0) is 9.53 Å². The van der Waals surface area contributed by atoms with Gasteiger partial charge in [-0.3, -0.25) is 4.79 Å². The number of nitrogens with one attached hydrogen (secondary N) is 1. The summed E-state index contributed by atoms with van der Waals surface area (Å²) in [4.78, 5) is 12.0. The molecule has 1 saturated heterocycles. The molecule has 4 nitrogen and oxygen atoms in total. The van der Waals surface area contributed by atoms with Crippen LogP contribution in [0.3, 0.4) is 0 Å². The summed E-state index contributed by atoms with van der Waals surface area (Å²) in [7, 11) is 0. The van der Waals surface area contributed by atoms with Crippen molar-refractivity contribution >= 4 is 5.91 Å². The van der Waals surface area contributed by atoms with E-state index in [9.17, 15) is 4.79 Å². The molecule has 0 aromatic carbocycles. The van der Waals surface area contributed by atoms with Crippen LogP contribution in [0.1, 0.15) is 65.7 Å². The van der Waals surface area contributed by atoms with Crippen molar-refractivity contribution in [2.45, 2.75) is 77.4 Å². The van der Waals surface area contributed by atoms with Crippen molar-refractivity contribution in [1.29, 1.82) is 0 Å². The molecular formula is C17H32N2O2. The number of rotatable bonds is 6. The van der Waals surface area contributed by atoms with E-state index < -0.39 is 5.54 Å². The van der Waals surface area contributed by atoms with Crippen molar-refractivity contribution in [2.24, 2.45) is 17.1 Å². The summed E-state index contributed by atoms with van der Waals surface area (Å²) < 4.78 is 5.65. The summed E-state index contributed by atoms with van der Waals surface area (Å²) in [6.07, 6.45) is 7.56. The Kier molecular flexibility index (Phi) is 5.31. The number of amides is 1. The fourth-order valence-corrected chi connectivity index (χ4v) is 3.81. The van der Waals surface area contributed by atoms with Crippen LogP contribution in [0, 0.1) is 11.3 Å². The highest BCUT2D eigenvalue weighted by Gasteiger charge is 2.43. The first-order valence-electron chi connectivity index (χ1n) is 8.56. The average molecular weight is 296 g/mol. The van der Waals surface area contributed by atoms with Gasteiger partial charge in [-0.25, -0.2) is 0 Å². The normalized spacial score (nSPS) is 34.0. The first kappa shape index (κ1) is 16.8. The molecule has 0 aromatic heterocycles. The molecule has 1 atom stereocenters. The number of hydrogen-bond donors (Lipinski definition) is 2. The second-order valence-electron chi connectivity index (χ2n) is 7.58. The van der Waals surface area contributed by atoms with E-state index in [0.29, 0.717) is 11.3 Å². The van der Waals surface area contributed by atoms with Crippen molar-refractivity contribution < 1.29 is 9.53 Å². The summed E-state index contributed by atoms with van der Waals surface area (Å²) in [6.45, 7) is 8.54. The minimum atomic E-state index is -0.508. The number of carbonyl (C=O) groups excluding carboxylic acids is 1. The second-order valence-corrected chi connectivity index (χ2v) is 7.58. The topological polar surface area (TPSA) is 64.3 Å². The Morgan fingerprint density at radius 2 is 2.00 bits per heavy atom. The van der Waals surface area contributed by atoms with Crippen LogP contribution in [0.5, 0.6) is 0 Å². The van der Waals surface area contributed by atoms with Crippen molar-refractivity contribution in [1.82, 2.24) is 5.32 Å². The number of primary amides is 1. The van der Waals surface area contributed by atoms with E-state index in [1.54, 1.807) is 0 Å². The van der Waals surface area contributed by atoms with E-state index >= 15 is 0 Å². The standard InChI is InChI=1S/C17H32N2O2/c1-4-16(2,3)13-7-9-17(10-8-13,15(18)20)19-12-14-6-5-11-21-14/h13-14,19H,4-12H2,1-3H3,(H2,18,20). The molecule has 0 spiro atoms. The Balaban J connectivity index is 1.93. The van der Waals surface area contributed by atoms with Gasteiger partial charge in [0.1, 0.15) is 0 Å². The maximum Gasteiger partial charge on any atom is 0.237 e. The molecule has 2 aliphatic rings. The maximum absolute atomic E-state index is 12.0. The molecule has 1 unspecified atom stereocenters. The predicted molar refractivity (Wildman–Crippen MR) is 84.9 cm³/mol. The van der Waals surface area contributed by atoms with Crippen LogP contribution < -0.4 is 11.1 Å². The first-order chi connectivity index (χ1) is 9.89. The zero-order chi connectivity index (χ0) is 15.5. The summed E-state index contributed by atoms with van der Waals surface area (Å²) in [6, 6.07) is 0. The Bertz CT molecular complexity index is 354. The Hall–Kier alpha value is -0.610. The van der Waals surface area contributed by atoms with Gasteiger partial charge in [0.25, 0.3) is 0 Å². The van der Waals surface area contributed by atoms with E-state index in [4.69, 9.17) is 10.5 Å². The fourth-order valence-electron chi connectivity index (χ4n) is 3.81. The third kappa shape index (κ3) is 3.78. The van der Waals surface area contributed by atoms with Crippen LogP contribution >= 0.6 is 0 Å². The molecule has 4 heteroatoms. The Labute approximate surface area is 129 Å². The van der Waals surface area contributed by atoms with Gasteiger partial charge in [-0.15, -0.1) is 0 Å². The van der Waals surface area contributed by atoms with Gasteiger partial charge in [-0.2, -0.15) is 0 Å². The van der Waals surface area contributed by atoms with Gasteiger partial charge < -0.3 is 15.8 Å². The highest BCUT2D eigenvalue weighted by Crippen LogP contribution is 2.43. The Morgan fingerprint density at radius 1 is 1.33 bits per heavy atom. The van der Waals surface area contributed by atoms with Crippen molar-refractivity contribution in [3.8, 4) is 0 Å². The molecule has 0 aromatic rings. The van der Waals surface area contributed by atoms with Crippen molar-refractivity contribution in [3.63, 3.8) is 0 Å². The largest absolute Gasteiger partial charge is 0.377 e. The van der Waals surface area contributed by atoms with Gasteiger partial charge >= 0.3 is 0 Å². The van der Waals surface area contributed by atoms with Crippen molar-refractivity contribution in [2.75, 3.05) is 13.2 Å². The minimum absolute atomic E-state index is 0.187. The third-order valence-electron chi connectivity index (χ3n) is 6.02. The second kappa shape index (κ2) is 6.66. The van der Waals surface area contributed by atoms with Gasteiger partial charge in [0.15, 0.2) is 0 Å². The van der Waals surface area contributed by atoms with Gasteiger partial charge in [-0.1, -0.05) is 27.2 Å². The zero-order valence-corrected chi connectivity index (χ0v) is 13.9. The lowest BCUT2D eigenvalue weighted by Gasteiger charge is -2.44. The summed E-state index contributed by atoms with van der Waals surface area (Å²) in [5.41, 5.74) is 5.58. The van der Waals surface area contributed by atoms with E-state index in [1.165, 1.54) is 6.42 Å². The SMILES string of the molecule is CCC(C)(C)C1CCC(NCC2CCCO2)(C(N)=O)CC1. The van der Waals surface area contributed by atoms with E-state index in [2.05, 4.69) is 26.1 Å². The van der Waals surface area contributed by atoms with Crippen LogP contribution in [0.2, 0.25) is 0 Å². The van der Waals surface area contributed by atoms with Crippen LogP contribution in [0.4, 0.5) is 0 Å². The molecule has 1 saturated carbocycles. The minimum Gasteiger partial charge on any atom is -0.377 e. The maximum atomic E-state index is 12.0. The molecule has 21 heavy (non-hydrogen) atoms. The molecule has 2 fully saturated rings. The number of carbonyl (C=O) groups is 1. The lowest BCUT2D eigenvalue weighted by molar-refractivity contribution is -0.126. The van der Waals surface area contributed by atoms with Crippen molar-refractivity contribution in [3.05, 3.63) is 0 Å². The number of ether oxygens (including phenoxy) is 1.